The smallest absolute Gasteiger partial charge is 0.257 e. The average Bonchev–Trinajstić information content (AvgIpc) is 2.48. The highest BCUT2D eigenvalue weighted by Crippen LogP contribution is 2.33. The van der Waals surface area contributed by atoms with Gasteiger partial charge in [-0.25, -0.2) is 9.97 Å². The van der Waals surface area contributed by atoms with Crippen LogP contribution in [0.3, 0.4) is 0 Å². The van der Waals surface area contributed by atoms with Crippen LogP contribution in [0.5, 0.6) is 0 Å². The fourth-order valence-corrected chi connectivity index (χ4v) is 3.34. The standard InChI is InChI=1S/C19H31N3O2/c1-12(2)9-15-11-22(8-7-19(15,6)24)18(23)16-10-20-17(13(3)4)21-14(16)5/h10,12-13,15,24H,7-9,11H2,1-6H3/t15-,19+/m0/s1. The molecule has 5 heteroatoms. The molecule has 1 fully saturated rings. The molecule has 1 aliphatic heterocycles. The number of likely N-dealkylation sites (tertiary alicyclic amines) is 1. The van der Waals surface area contributed by atoms with E-state index in [1.807, 2.05) is 32.6 Å². The molecular weight excluding hydrogens is 302 g/mol. The molecule has 1 aromatic rings. The van der Waals surface area contributed by atoms with E-state index in [1.165, 1.54) is 0 Å². The van der Waals surface area contributed by atoms with Gasteiger partial charge in [0.05, 0.1) is 16.9 Å². The lowest BCUT2D eigenvalue weighted by Crippen LogP contribution is -2.52. The fourth-order valence-electron chi connectivity index (χ4n) is 3.34. The van der Waals surface area contributed by atoms with Gasteiger partial charge in [-0.3, -0.25) is 4.79 Å². The largest absolute Gasteiger partial charge is 0.390 e. The van der Waals surface area contributed by atoms with E-state index in [0.717, 1.165) is 17.9 Å². The quantitative estimate of drug-likeness (QED) is 0.919. The highest BCUT2D eigenvalue weighted by atomic mass is 16.3. The summed E-state index contributed by atoms with van der Waals surface area (Å²) < 4.78 is 0. The normalized spacial score (nSPS) is 24.7. The van der Waals surface area contributed by atoms with Crippen molar-refractivity contribution in [3.63, 3.8) is 0 Å². The van der Waals surface area contributed by atoms with E-state index in [-0.39, 0.29) is 17.7 Å². The number of carbonyl (C=O) groups excluding carboxylic acids is 1. The lowest BCUT2D eigenvalue weighted by atomic mass is 9.78. The van der Waals surface area contributed by atoms with Crippen molar-refractivity contribution in [1.29, 1.82) is 0 Å². The van der Waals surface area contributed by atoms with E-state index in [1.54, 1.807) is 6.20 Å². The Morgan fingerprint density at radius 3 is 2.62 bits per heavy atom. The van der Waals surface area contributed by atoms with E-state index >= 15 is 0 Å². The summed E-state index contributed by atoms with van der Waals surface area (Å²) >= 11 is 0. The van der Waals surface area contributed by atoms with Crippen molar-refractivity contribution in [2.45, 2.75) is 65.9 Å². The molecule has 0 saturated carbocycles. The summed E-state index contributed by atoms with van der Waals surface area (Å²) in [6.45, 7) is 13.3. The number of aryl methyl sites for hydroxylation is 1. The summed E-state index contributed by atoms with van der Waals surface area (Å²) in [6.07, 6.45) is 3.18. The van der Waals surface area contributed by atoms with Crippen LogP contribution in [0.15, 0.2) is 6.20 Å². The van der Waals surface area contributed by atoms with Crippen LogP contribution < -0.4 is 0 Å². The van der Waals surface area contributed by atoms with Crippen molar-refractivity contribution < 1.29 is 9.90 Å². The van der Waals surface area contributed by atoms with Gasteiger partial charge in [0.25, 0.3) is 5.91 Å². The second-order valence-electron chi connectivity index (χ2n) is 8.07. The Labute approximate surface area is 145 Å². The Bertz CT molecular complexity index is 596. The minimum Gasteiger partial charge on any atom is -0.390 e. The van der Waals surface area contributed by atoms with E-state index in [0.29, 0.717) is 31.0 Å². The third-order valence-electron chi connectivity index (χ3n) is 5.00. The molecule has 1 amide bonds. The molecule has 2 heterocycles. The second kappa shape index (κ2) is 7.18. The molecule has 0 aromatic carbocycles. The summed E-state index contributed by atoms with van der Waals surface area (Å²) in [5, 5.41) is 10.6. The molecule has 0 spiro atoms. The van der Waals surface area contributed by atoms with Gasteiger partial charge in [-0.05, 0) is 32.6 Å². The van der Waals surface area contributed by atoms with Crippen molar-refractivity contribution >= 4 is 5.91 Å². The summed E-state index contributed by atoms with van der Waals surface area (Å²) in [6, 6.07) is 0. The molecule has 2 atom stereocenters. The molecule has 2 rings (SSSR count). The van der Waals surface area contributed by atoms with E-state index < -0.39 is 5.60 Å². The summed E-state index contributed by atoms with van der Waals surface area (Å²) in [5.74, 6) is 1.59. The highest BCUT2D eigenvalue weighted by molar-refractivity contribution is 5.95. The van der Waals surface area contributed by atoms with Crippen LogP contribution in [0.1, 0.15) is 75.3 Å². The summed E-state index contributed by atoms with van der Waals surface area (Å²) in [4.78, 5) is 23.6. The number of hydrogen-bond acceptors (Lipinski definition) is 4. The van der Waals surface area contributed by atoms with Gasteiger partial charge in [0, 0.05) is 31.1 Å². The van der Waals surface area contributed by atoms with Crippen molar-refractivity contribution in [3.05, 3.63) is 23.3 Å². The number of hydrogen-bond donors (Lipinski definition) is 1. The Balaban J connectivity index is 2.18. The zero-order valence-corrected chi connectivity index (χ0v) is 15.8. The SMILES string of the molecule is Cc1nc(C(C)C)ncc1C(=O)N1CC[C@@](C)(O)[C@@H](CC(C)C)C1. The molecule has 5 nitrogen and oxygen atoms in total. The minimum atomic E-state index is -0.700. The van der Waals surface area contributed by atoms with Gasteiger partial charge in [0.1, 0.15) is 5.82 Å². The lowest BCUT2D eigenvalue weighted by molar-refractivity contribution is -0.0577. The zero-order valence-electron chi connectivity index (χ0n) is 15.8. The van der Waals surface area contributed by atoms with Gasteiger partial charge in [-0.1, -0.05) is 27.7 Å². The third kappa shape index (κ3) is 4.12. The number of aliphatic hydroxyl groups is 1. The molecule has 1 N–H and O–H groups in total. The van der Waals surface area contributed by atoms with Crippen LogP contribution >= 0.6 is 0 Å². The maximum atomic E-state index is 12.9. The monoisotopic (exact) mass is 333 g/mol. The number of rotatable bonds is 4. The zero-order chi connectivity index (χ0) is 18.1. The van der Waals surface area contributed by atoms with Crippen molar-refractivity contribution in [3.8, 4) is 0 Å². The molecule has 0 aliphatic carbocycles. The first kappa shape index (κ1) is 18.8. The number of amides is 1. The van der Waals surface area contributed by atoms with Crippen LogP contribution in [0.25, 0.3) is 0 Å². The molecule has 0 radical (unpaired) electrons. The molecule has 1 aromatic heterocycles. The fraction of sp³-hybridized carbons (Fsp3) is 0.737. The summed E-state index contributed by atoms with van der Waals surface area (Å²) in [5.41, 5.74) is 0.606. The van der Waals surface area contributed by atoms with Gasteiger partial charge in [0.2, 0.25) is 0 Å². The molecule has 0 unspecified atom stereocenters. The minimum absolute atomic E-state index is 0.0212. The molecular formula is C19H31N3O2. The maximum absolute atomic E-state index is 12.9. The molecule has 0 bridgehead atoms. The van der Waals surface area contributed by atoms with Crippen molar-refractivity contribution in [1.82, 2.24) is 14.9 Å². The Kier molecular flexibility index (Phi) is 5.63. The van der Waals surface area contributed by atoms with E-state index in [4.69, 9.17) is 0 Å². The molecule has 1 aliphatic rings. The predicted molar refractivity (Wildman–Crippen MR) is 94.9 cm³/mol. The highest BCUT2D eigenvalue weighted by Gasteiger charge is 2.39. The lowest BCUT2D eigenvalue weighted by Gasteiger charge is -2.43. The van der Waals surface area contributed by atoms with Gasteiger partial charge in [0.15, 0.2) is 0 Å². The number of nitrogens with zero attached hydrogens (tertiary/aromatic N) is 3. The van der Waals surface area contributed by atoms with Crippen LogP contribution in [0.4, 0.5) is 0 Å². The van der Waals surface area contributed by atoms with Crippen molar-refractivity contribution in [2.75, 3.05) is 13.1 Å². The maximum Gasteiger partial charge on any atom is 0.257 e. The number of piperidine rings is 1. The summed E-state index contributed by atoms with van der Waals surface area (Å²) in [7, 11) is 0. The molecule has 1 saturated heterocycles. The molecule has 134 valence electrons. The van der Waals surface area contributed by atoms with Gasteiger partial charge in [-0.2, -0.15) is 0 Å². The van der Waals surface area contributed by atoms with Crippen LogP contribution in [0.2, 0.25) is 0 Å². The first-order chi connectivity index (χ1) is 11.1. The Hall–Kier alpha value is -1.49. The topological polar surface area (TPSA) is 66.3 Å². The third-order valence-corrected chi connectivity index (χ3v) is 5.00. The number of aromatic nitrogens is 2. The first-order valence-electron chi connectivity index (χ1n) is 8.97. The van der Waals surface area contributed by atoms with Crippen molar-refractivity contribution in [2.24, 2.45) is 11.8 Å². The van der Waals surface area contributed by atoms with Gasteiger partial charge in [-0.15, -0.1) is 0 Å². The van der Waals surface area contributed by atoms with Crippen LogP contribution in [0, 0.1) is 18.8 Å². The average molecular weight is 333 g/mol. The van der Waals surface area contributed by atoms with Crippen LogP contribution in [-0.2, 0) is 0 Å². The van der Waals surface area contributed by atoms with E-state index in [2.05, 4.69) is 23.8 Å². The Morgan fingerprint density at radius 2 is 2.08 bits per heavy atom. The van der Waals surface area contributed by atoms with Gasteiger partial charge >= 0.3 is 0 Å². The number of carbonyl (C=O) groups is 1. The van der Waals surface area contributed by atoms with Crippen LogP contribution in [-0.4, -0.2) is 44.6 Å². The Morgan fingerprint density at radius 1 is 1.42 bits per heavy atom. The first-order valence-corrected chi connectivity index (χ1v) is 8.97. The van der Waals surface area contributed by atoms with Gasteiger partial charge < -0.3 is 10.0 Å². The molecule has 24 heavy (non-hydrogen) atoms. The predicted octanol–water partition coefficient (Wildman–Crippen LogP) is 3.17. The second-order valence-corrected chi connectivity index (χ2v) is 8.07. The van der Waals surface area contributed by atoms with E-state index in [9.17, 15) is 9.90 Å².